The molecule has 0 amide bonds. The van der Waals surface area contributed by atoms with E-state index in [4.69, 9.17) is 18.9 Å². The van der Waals surface area contributed by atoms with Crippen LogP contribution >= 0.6 is 0 Å². The van der Waals surface area contributed by atoms with Crippen LogP contribution in [0.5, 0.6) is 23.0 Å². The quantitative estimate of drug-likeness (QED) is 0.138. The number of benzene rings is 3. The van der Waals surface area contributed by atoms with Gasteiger partial charge in [-0.05, 0) is 55.8 Å². The molecule has 0 spiro atoms. The third-order valence-corrected chi connectivity index (χ3v) is 8.54. The number of aromatic nitrogens is 1. The Kier molecular flexibility index (Phi) is 9.95. The van der Waals surface area contributed by atoms with E-state index in [0.717, 1.165) is 70.0 Å². The highest BCUT2D eigenvalue weighted by Gasteiger charge is 2.37. The lowest BCUT2D eigenvalue weighted by atomic mass is 10.1. The fourth-order valence-corrected chi connectivity index (χ4v) is 6.12. The predicted octanol–water partition coefficient (Wildman–Crippen LogP) is 6.49. The molecule has 0 bridgehead atoms. The largest absolute Gasteiger partial charge is 0.493 e. The molecular formula is C31H31F4N3O6S. The number of halogens is 4. The van der Waals surface area contributed by atoms with Gasteiger partial charge in [-0.1, -0.05) is 12.1 Å². The highest BCUT2D eigenvalue weighted by atomic mass is 32.2. The van der Waals surface area contributed by atoms with Crippen molar-refractivity contribution < 1.29 is 44.9 Å². The van der Waals surface area contributed by atoms with Crippen molar-refractivity contribution >= 4 is 26.6 Å². The van der Waals surface area contributed by atoms with Crippen molar-refractivity contribution in [3.8, 4) is 23.0 Å². The monoisotopic (exact) mass is 649 g/mol. The number of fused-ring (bicyclic) bond motifs is 1. The van der Waals surface area contributed by atoms with Crippen molar-refractivity contribution in [1.29, 1.82) is 0 Å². The molecule has 1 aromatic heterocycles. The van der Waals surface area contributed by atoms with Gasteiger partial charge in [-0.2, -0.15) is 13.2 Å². The number of anilines is 1. The fraction of sp³-hybridized carbons (Fsp3) is 0.323. The van der Waals surface area contributed by atoms with Crippen LogP contribution in [0.3, 0.4) is 0 Å². The third kappa shape index (κ3) is 7.93. The summed E-state index contributed by atoms with van der Waals surface area (Å²) in [6.07, 6.45) is -1.61. The summed E-state index contributed by atoms with van der Waals surface area (Å²) >= 11 is 0. The molecule has 1 aliphatic heterocycles. The highest BCUT2D eigenvalue weighted by molar-refractivity contribution is 7.92. The zero-order valence-corrected chi connectivity index (χ0v) is 25.1. The van der Waals surface area contributed by atoms with Gasteiger partial charge in [0.2, 0.25) is 0 Å². The highest BCUT2D eigenvalue weighted by Crippen LogP contribution is 2.38. The lowest BCUT2D eigenvalue weighted by molar-refractivity contribution is -0.139. The van der Waals surface area contributed by atoms with Gasteiger partial charge >= 0.3 is 6.18 Å². The van der Waals surface area contributed by atoms with E-state index in [1.165, 1.54) is 31.5 Å². The predicted molar refractivity (Wildman–Crippen MR) is 159 cm³/mol. The topological polar surface area (TPSA) is 99.2 Å². The molecule has 45 heavy (non-hydrogen) atoms. The average molecular weight is 650 g/mol. The first kappa shape index (κ1) is 32.3. The van der Waals surface area contributed by atoms with Crippen LogP contribution in [0.1, 0.15) is 18.4 Å². The van der Waals surface area contributed by atoms with Crippen molar-refractivity contribution in [3.63, 3.8) is 0 Å². The van der Waals surface area contributed by atoms with Crippen molar-refractivity contribution in [3.05, 3.63) is 78.2 Å². The minimum atomic E-state index is -4.90. The summed E-state index contributed by atoms with van der Waals surface area (Å²) in [6.45, 7) is 4.83. The first-order valence-electron chi connectivity index (χ1n) is 14.1. The van der Waals surface area contributed by atoms with Gasteiger partial charge in [-0.25, -0.2) is 12.8 Å². The molecule has 1 fully saturated rings. The zero-order valence-electron chi connectivity index (χ0n) is 24.3. The van der Waals surface area contributed by atoms with Crippen molar-refractivity contribution in [1.82, 2.24) is 9.88 Å². The summed E-state index contributed by atoms with van der Waals surface area (Å²) in [5.74, 6) is -0.0375. The average Bonchev–Trinajstić information content (AvgIpc) is 3.02. The molecule has 0 radical (unpaired) electrons. The van der Waals surface area contributed by atoms with Crippen LogP contribution in [0.2, 0.25) is 0 Å². The lowest BCUT2D eigenvalue weighted by Crippen LogP contribution is -2.36. The Balaban J connectivity index is 1.28. The minimum absolute atomic E-state index is 0.238. The molecule has 4 aromatic rings. The molecule has 0 unspecified atom stereocenters. The van der Waals surface area contributed by atoms with Crippen LogP contribution in [0.4, 0.5) is 23.2 Å². The number of hydrogen-bond acceptors (Lipinski definition) is 8. The van der Waals surface area contributed by atoms with E-state index in [2.05, 4.69) is 9.88 Å². The van der Waals surface area contributed by atoms with Gasteiger partial charge in [0.05, 0.1) is 48.6 Å². The van der Waals surface area contributed by atoms with Crippen LogP contribution < -0.4 is 18.9 Å². The Hall–Kier alpha value is -4.14. The molecule has 0 saturated carbocycles. The zero-order chi connectivity index (χ0) is 32.0. The number of morpholine rings is 1. The second kappa shape index (κ2) is 13.9. The molecule has 1 aliphatic rings. The molecular weight excluding hydrogens is 618 g/mol. The Bertz CT molecular complexity index is 1750. The molecule has 240 valence electrons. The lowest BCUT2D eigenvalue weighted by Gasteiger charge is -2.26. The van der Waals surface area contributed by atoms with Crippen molar-refractivity contribution in [2.24, 2.45) is 0 Å². The maximum atomic E-state index is 15.1. The summed E-state index contributed by atoms with van der Waals surface area (Å²) in [6, 6.07) is 11.8. The molecule has 14 heteroatoms. The number of nitrogens with zero attached hydrogens (tertiary/aromatic N) is 2. The van der Waals surface area contributed by atoms with Crippen LogP contribution in [0.25, 0.3) is 10.9 Å². The minimum Gasteiger partial charge on any atom is -0.493 e. The third-order valence-electron chi connectivity index (χ3n) is 7.10. The van der Waals surface area contributed by atoms with Gasteiger partial charge in [0.1, 0.15) is 5.75 Å². The number of pyridine rings is 1. The molecule has 3 aromatic carbocycles. The summed E-state index contributed by atoms with van der Waals surface area (Å²) < 4.78 is 105. The van der Waals surface area contributed by atoms with Crippen LogP contribution in [-0.2, 0) is 20.9 Å². The van der Waals surface area contributed by atoms with Crippen LogP contribution in [-0.4, -0.2) is 64.9 Å². The Morgan fingerprint density at radius 3 is 2.47 bits per heavy atom. The number of unbranched alkanes of at least 4 members (excludes halogenated alkanes) is 1. The van der Waals surface area contributed by atoms with Gasteiger partial charge in [0, 0.05) is 36.8 Å². The first-order valence-corrected chi connectivity index (χ1v) is 15.6. The number of hydrogen-bond donors (Lipinski definition) is 1. The molecule has 0 atom stereocenters. The summed E-state index contributed by atoms with van der Waals surface area (Å²) in [5.41, 5.74) is -1.12. The maximum absolute atomic E-state index is 15.1. The number of nitrogens with one attached hydrogen (secondary N) is 1. The van der Waals surface area contributed by atoms with E-state index in [-0.39, 0.29) is 17.2 Å². The summed E-state index contributed by atoms with van der Waals surface area (Å²) in [5, 5.41) is 0.502. The normalized spacial score (nSPS) is 14.3. The van der Waals surface area contributed by atoms with Gasteiger partial charge < -0.3 is 18.9 Å². The second-order valence-electron chi connectivity index (χ2n) is 10.2. The maximum Gasteiger partial charge on any atom is 0.417 e. The molecule has 0 aliphatic carbocycles. The number of rotatable bonds is 12. The van der Waals surface area contributed by atoms with Crippen molar-refractivity contribution in [2.45, 2.75) is 23.9 Å². The smallest absolute Gasteiger partial charge is 0.417 e. The fourth-order valence-electron chi connectivity index (χ4n) is 4.84. The molecule has 5 rings (SSSR count). The van der Waals surface area contributed by atoms with E-state index < -0.39 is 32.5 Å². The summed E-state index contributed by atoms with van der Waals surface area (Å²) in [4.78, 5) is 5.75. The number of alkyl halides is 3. The number of ether oxygens (including phenoxy) is 4. The first-order chi connectivity index (χ1) is 21.5. The van der Waals surface area contributed by atoms with Crippen LogP contribution in [0, 0.1) is 5.82 Å². The van der Waals surface area contributed by atoms with Gasteiger partial charge in [-0.3, -0.25) is 14.6 Å². The number of methoxy groups -OCH3 is 1. The molecule has 9 nitrogen and oxygen atoms in total. The van der Waals surface area contributed by atoms with E-state index in [0.29, 0.717) is 35.1 Å². The van der Waals surface area contributed by atoms with Gasteiger partial charge in [0.25, 0.3) is 10.0 Å². The number of sulfonamides is 1. The molecule has 1 N–H and O–H groups in total. The van der Waals surface area contributed by atoms with E-state index >= 15 is 4.39 Å². The second-order valence-corrected chi connectivity index (χ2v) is 11.8. The Labute approximate surface area is 257 Å². The molecule has 1 saturated heterocycles. The van der Waals surface area contributed by atoms with E-state index in [1.54, 1.807) is 12.1 Å². The van der Waals surface area contributed by atoms with Gasteiger partial charge in [-0.15, -0.1) is 0 Å². The molecule has 2 heterocycles. The van der Waals surface area contributed by atoms with E-state index in [9.17, 15) is 21.6 Å². The van der Waals surface area contributed by atoms with E-state index in [1.807, 2.05) is 4.72 Å². The standard InChI is InChI=1S/C31H31F4N3O6S/c1-41-28-19-22-25(20-29(28)43-15-5-4-12-38-13-16-42-17-14-38)36-11-10-26(22)44-27-9-8-21(18-24(27)32)37-45(39,40)30-7-3-2-6-23(30)31(33,34)35/h2-3,6-11,18-20,37H,4-5,12-17H2,1H3. The Morgan fingerprint density at radius 1 is 0.956 bits per heavy atom. The van der Waals surface area contributed by atoms with Gasteiger partial charge in [0.15, 0.2) is 23.1 Å². The van der Waals surface area contributed by atoms with Crippen molar-refractivity contribution in [2.75, 3.05) is 51.3 Å². The van der Waals surface area contributed by atoms with Crippen LogP contribution in [0.15, 0.2) is 71.8 Å². The Morgan fingerprint density at radius 2 is 1.73 bits per heavy atom. The summed E-state index contributed by atoms with van der Waals surface area (Å²) in [7, 11) is -3.19. The SMILES string of the molecule is COc1cc2c(Oc3ccc(NS(=O)(=O)c4ccccc4C(F)(F)F)cc3F)ccnc2cc1OCCCCN1CCOCC1.